The Kier molecular flexibility index (Phi) is 5.35. The van der Waals surface area contributed by atoms with E-state index < -0.39 is 5.97 Å². The summed E-state index contributed by atoms with van der Waals surface area (Å²) >= 11 is 1.26. The van der Waals surface area contributed by atoms with Crippen LogP contribution >= 0.6 is 11.3 Å². The van der Waals surface area contributed by atoms with Crippen molar-refractivity contribution in [3.05, 3.63) is 15.8 Å². The summed E-state index contributed by atoms with van der Waals surface area (Å²) in [6, 6.07) is 1.61. The Labute approximate surface area is 117 Å². The number of aryl methyl sites for hydroxylation is 1. The van der Waals surface area contributed by atoms with Gasteiger partial charge in [0.25, 0.3) is 5.91 Å². The first-order valence-electron chi connectivity index (χ1n) is 6.13. The van der Waals surface area contributed by atoms with Crippen LogP contribution in [-0.2, 0) is 9.53 Å². The maximum Gasteiger partial charge on any atom is 0.348 e. The Hall–Kier alpha value is -1.56. The van der Waals surface area contributed by atoms with Crippen LogP contribution in [0.2, 0.25) is 0 Å². The third-order valence-electron chi connectivity index (χ3n) is 2.88. The number of hydrogen-bond donors (Lipinski definition) is 2. The van der Waals surface area contributed by atoms with Crippen molar-refractivity contribution in [1.82, 2.24) is 5.32 Å². The van der Waals surface area contributed by atoms with Gasteiger partial charge in [-0.25, -0.2) is 4.79 Å². The predicted octanol–water partition coefficient (Wildman–Crippen LogP) is 1.96. The van der Waals surface area contributed by atoms with Crippen molar-refractivity contribution >= 4 is 28.9 Å². The number of hydrogen-bond acceptors (Lipinski definition) is 5. The number of rotatable bonds is 5. The number of carbonyl (C=O) groups excluding carboxylic acids is 2. The van der Waals surface area contributed by atoms with Crippen molar-refractivity contribution in [1.29, 1.82) is 0 Å². The predicted molar refractivity (Wildman–Crippen MR) is 76.2 cm³/mol. The molecule has 1 aromatic rings. The van der Waals surface area contributed by atoms with Crippen LogP contribution in [0.15, 0.2) is 6.07 Å². The number of ether oxygens (including phenoxy) is 1. The van der Waals surface area contributed by atoms with Crippen molar-refractivity contribution in [3.8, 4) is 0 Å². The summed E-state index contributed by atoms with van der Waals surface area (Å²) in [5.74, 6) is -0.479. The van der Waals surface area contributed by atoms with Gasteiger partial charge in [0.1, 0.15) is 4.88 Å². The highest BCUT2D eigenvalue weighted by atomic mass is 32.1. The number of carbonyl (C=O) groups is 2. The number of thiophene rings is 1. The highest BCUT2D eigenvalue weighted by Gasteiger charge is 2.15. The summed E-state index contributed by atoms with van der Waals surface area (Å²) < 4.78 is 4.94. The summed E-state index contributed by atoms with van der Waals surface area (Å²) in [5.41, 5.74) is 6.22. The van der Waals surface area contributed by atoms with Crippen molar-refractivity contribution in [2.75, 3.05) is 12.3 Å². The smallest absolute Gasteiger partial charge is 0.348 e. The Balaban J connectivity index is 2.44. The minimum atomic E-state index is -0.517. The Morgan fingerprint density at radius 1 is 1.42 bits per heavy atom. The number of anilines is 1. The van der Waals surface area contributed by atoms with E-state index in [4.69, 9.17) is 10.5 Å². The van der Waals surface area contributed by atoms with Crippen molar-refractivity contribution in [3.63, 3.8) is 0 Å². The number of nitrogens with one attached hydrogen (secondary N) is 1. The monoisotopic (exact) mass is 284 g/mol. The number of nitrogens with two attached hydrogens (primary N) is 1. The van der Waals surface area contributed by atoms with Gasteiger partial charge in [-0.3, -0.25) is 4.79 Å². The zero-order valence-electron chi connectivity index (χ0n) is 11.6. The molecule has 0 fully saturated rings. The SMILES string of the molecule is Cc1sc(C(=O)OCC(=O)NC(C)C(C)C)cc1N. The van der Waals surface area contributed by atoms with E-state index in [9.17, 15) is 9.59 Å². The van der Waals surface area contributed by atoms with Crippen molar-refractivity contribution in [2.45, 2.75) is 33.7 Å². The van der Waals surface area contributed by atoms with E-state index in [2.05, 4.69) is 5.32 Å². The molecule has 0 bridgehead atoms. The summed E-state index contributed by atoms with van der Waals surface area (Å²) in [6.07, 6.45) is 0. The van der Waals surface area contributed by atoms with E-state index in [0.717, 1.165) is 4.88 Å². The summed E-state index contributed by atoms with van der Waals surface area (Å²) in [6.45, 7) is 7.48. The van der Waals surface area contributed by atoms with Gasteiger partial charge in [0, 0.05) is 16.6 Å². The first-order chi connectivity index (χ1) is 8.81. The van der Waals surface area contributed by atoms with Crippen LogP contribution in [0.25, 0.3) is 0 Å². The van der Waals surface area contributed by atoms with E-state index in [1.807, 2.05) is 27.7 Å². The lowest BCUT2D eigenvalue weighted by molar-refractivity contribution is -0.125. The zero-order valence-corrected chi connectivity index (χ0v) is 12.5. The van der Waals surface area contributed by atoms with Gasteiger partial charge in [-0.15, -0.1) is 11.3 Å². The van der Waals surface area contributed by atoms with E-state index in [-0.39, 0.29) is 18.6 Å². The van der Waals surface area contributed by atoms with Crippen molar-refractivity contribution in [2.24, 2.45) is 5.92 Å². The summed E-state index contributed by atoms with van der Waals surface area (Å²) in [7, 11) is 0. The number of nitrogen functional groups attached to an aromatic ring is 1. The van der Waals surface area contributed by atoms with Crippen LogP contribution < -0.4 is 11.1 Å². The average Bonchev–Trinajstić information content (AvgIpc) is 2.66. The quantitative estimate of drug-likeness (QED) is 0.810. The molecule has 1 atom stereocenters. The molecule has 1 rings (SSSR count). The highest BCUT2D eigenvalue weighted by Crippen LogP contribution is 2.23. The molecule has 0 aromatic carbocycles. The largest absolute Gasteiger partial charge is 0.451 e. The molecule has 1 unspecified atom stereocenters. The van der Waals surface area contributed by atoms with E-state index in [1.54, 1.807) is 6.07 Å². The Morgan fingerprint density at radius 3 is 2.53 bits per heavy atom. The third kappa shape index (κ3) is 4.55. The maximum absolute atomic E-state index is 11.7. The van der Waals surface area contributed by atoms with Gasteiger partial charge in [-0.05, 0) is 25.8 Å². The second-order valence-electron chi connectivity index (χ2n) is 4.80. The zero-order chi connectivity index (χ0) is 14.6. The van der Waals surface area contributed by atoms with Gasteiger partial charge in [0.05, 0.1) is 0 Å². The molecule has 1 aromatic heterocycles. The van der Waals surface area contributed by atoms with Gasteiger partial charge < -0.3 is 15.8 Å². The molecular weight excluding hydrogens is 264 g/mol. The third-order valence-corrected chi connectivity index (χ3v) is 3.93. The molecule has 5 nitrogen and oxygen atoms in total. The number of amides is 1. The minimum Gasteiger partial charge on any atom is -0.451 e. The van der Waals surface area contributed by atoms with Gasteiger partial charge in [-0.1, -0.05) is 13.8 Å². The minimum absolute atomic E-state index is 0.0471. The first-order valence-corrected chi connectivity index (χ1v) is 6.95. The van der Waals surface area contributed by atoms with Gasteiger partial charge in [0.15, 0.2) is 6.61 Å². The Morgan fingerprint density at radius 2 is 2.05 bits per heavy atom. The molecule has 0 saturated carbocycles. The van der Waals surface area contributed by atoms with Crippen LogP contribution in [0.4, 0.5) is 5.69 Å². The molecule has 0 aliphatic rings. The molecule has 0 aliphatic heterocycles. The molecular formula is C13H20N2O3S. The second-order valence-corrected chi connectivity index (χ2v) is 6.05. The molecule has 0 aliphatic carbocycles. The number of esters is 1. The van der Waals surface area contributed by atoms with E-state index >= 15 is 0 Å². The standard InChI is InChI=1S/C13H20N2O3S/c1-7(2)8(3)15-12(16)6-18-13(17)11-5-10(14)9(4)19-11/h5,7-8H,6,14H2,1-4H3,(H,15,16). The van der Waals surface area contributed by atoms with Crippen LogP contribution in [0.3, 0.4) is 0 Å². The molecule has 0 saturated heterocycles. The van der Waals surface area contributed by atoms with Gasteiger partial charge in [-0.2, -0.15) is 0 Å². The van der Waals surface area contributed by atoms with Crippen molar-refractivity contribution < 1.29 is 14.3 Å². The molecule has 6 heteroatoms. The summed E-state index contributed by atoms with van der Waals surface area (Å²) in [4.78, 5) is 24.5. The molecule has 0 spiro atoms. The normalized spacial score (nSPS) is 12.3. The highest BCUT2D eigenvalue weighted by molar-refractivity contribution is 7.14. The lowest BCUT2D eigenvalue weighted by Crippen LogP contribution is -2.38. The van der Waals surface area contributed by atoms with Crippen LogP contribution in [-0.4, -0.2) is 24.5 Å². The lowest BCUT2D eigenvalue weighted by Gasteiger charge is -2.17. The van der Waals surface area contributed by atoms with Gasteiger partial charge >= 0.3 is 5.97 Å². The van der Waals surface area contributed by atoms with E-state index in [0.29, 0.717) is 16.5 Å². The second kappa shape index (κ2) is 6.56. The van der Waals surface area contributed by atoms with Crippen LogP contribution in [0.1, 0.15) is 35.3 Å². The topological polar surface area (TPSA) is 81.4 Å². The van der Waals surface area contributed by atoms with Gasteiger partial charge in [0.2, 0.25) is 0 Å². The fraction of sp³-hybridized carbons (Fsp3) is 0.538. The molecule has 1 heterocycles. The molecule has 1 amide bonds. The Bertz CT molecular complexity index is 449. The molecule has 19 heavy (non-hydrogen) atoms. The molecule has 3 N–H and O–H groups in total. The van der Waals surface area contributed by atoms with E-state index in [1.165, 1.54) is 11.3 Å². The molecule has 106 valence electrons. The average molecular weight is 284 g/mol. The molecule has 0 radical (unpaired) electrons. The summed E-state index contributed by atoms with van der Waals surface area (Å²) in [5, 5.41) is 2.77. The maximum atomic E-state index is 11.7. The van der Waals surface area contributed by atoms with Crippen LogP contribution in [0.5, 0.6) is 0 Å². The fourth-order valence-corrected chi connectivity index (χ4v) is 2.10. The first kappa shape index (κ1) is 15.5. The fourth-order valence-electron chi connectivity index (χ4n) is 1.26. The lowest BCUT2D eigenvalue weighted by atomic mass is 10.1. The van der Waals surface area contributed by atoms with Crippen LogP contribution in [0, 0.1) is 12.8 Å².